The van der Waals surface area contributed by atoms with Crippen molar-refractivity contribution in [2.75, 3.05) is 0 Å². The maximum Gasteiger partial charge on any atom is 0.164 e. The van der Waals surface area contributed by atoms with Crippen LogP contribution in [0.5, 0.6) is 0 Å². The zero-order chi connectivity index (χ0) is 17.4. The van der Waals surface area contributed by atoms with E-state index in [1.807, 2.05) is 36.4 Å². The Morgan fingerprint density at radius 2 is 1.68 bits per heavy atom. The molecule has 1 heterocycles. The maximum absolute atomic E-state index is 12.4. The summed E-state index contributed by atoms with van der Waals surface area (Å²) in [6.07, 6.45) is 2.24. The van der Waals surface area contributed by atoms with Gasteiger partial charge in [0.15, 0.2) is 5.78 Å². The molecule has 0 unspecified atom stereocenters. The Balaban J connectivity index is 1.93. The molecule has 0 bridgehead atoms. The molecule has 0 fully saturated rings. The molecule has 4 rings (SSSR count). The number of aromatic carboxylic acids is 1. The standard InChI is InChI=1S/C21H17NO3/c23-20-8-4-7-18-17(20)13-19(14-5-2-1-3-6-14)22(18)16-11-9-15(10-12-16)21(24)25/h1-3,5-6,9-13H,4,7-8H2,(H,24,25)/p-1. The summed E-state index contributed by atoms with van der Waals surface area (Å²) in [4.78, 5) is 23.4. The summed E-state index contributed by atoms with van der Waals surface area (Å²) >= 11 is 0. The Morgan fingerprint density at radius 3 is 2.36 bits per heavy atom. The number of hydrogen-bond acceptors (Lipinski definition) is 3. The number of aromatic nitrogens is 1. The highest BCUT2D eigenvalue weighted by atomic mass is 16.4. The predicted octanol–water partition coefficient (Wildman–Crippen LogP) is 3.03. The van der Waals surface area contributed by atoms with Crippen molar-refractivity contribution in [1.29, 1.82) is 0 Å². The summed E-state index contributed by atoms with van der Waals surface area (Å²) in [6, 6.07) is 18.5. The number of carboxylic acid groups (broad SMARTS) is 1. The molecule has 4 nitrogen and oxygen atoms in total. The highest BCUT2D eigenvalue weighted by molar-refractivity contribution is 6.00. The highest BCUT2D eigenvalue weighted by Crippen LogP contribution is 2.33. The van der Waals surface area contributed by atoms with E-state index >= 15 is 0 Å². The second-order valence-electron chi connectivity index (χ2n) is 6.20. The third kappa shape index (κ3) is 2.66. The van der Waals surface area contributed by atoms with Crippen molar-refractivity contribution >= 4 is 11.8 Å². The van der Waals surface area contributed by atoms with E-state index in [1.54, 1.807) is 12.1 Å². The van der Waals surface area contributed by atoms with Crippen LogP contribution < -0.4 is 5.11 Å². The van der Waals surface area contributed by atoms with Crippen molar-refractivity contribution in [2.45, 2.75) is 19.3 Å². The molecule has 0 atom stereocenters. The van der Waals surface area contributed by atoms with Gasteiger partial charge >= 0.3 is 0 Å². The van der Waals surface area contributed by atoms with Crippen molar-refractivity contribution in [3.8, 4) is 16.9 Å². The molecule has 124 valence electrons. The lowest BCUT2D eigenvalue weighted by Gasteiger charge is -2.17. The fraction of sp³-hybridized carbons (Fsp3) is 0.143. The molecule has 25 heavy (non-hydrogen) atoms. The number of carbonyl (C=O) groups is 2. The molecule has 0 N–H and O–H groups in total. The van der Waals surface area contributed by atoms with Gasteiger partial charge in [0.05, 0.1) is 11.7 Å². The first-order chi connectivity index (χ1) is 12.1. The van der Waals surface area contributed by atoms with Gasteiger partial charge in [0.1, 0.15) is 0 Å². The van der Waals surface area contributed by atoms with Crippen molar-refractivity contribution < 1.29 is 14.7 Å². The average Bonchev–Trinajstić information content (AvgIpc) is 3.03. The van der Waals surface area contributed by atoms with E-state index in [1.165, 1.54) is 12.1 Å². The Bertz CT molecular complexity index is 953. The lowest BCUT2D eigenvalue weighted by molar-refractivity contribution is -0.255. The Kier molecular flexibility index (Phi) is 3.73. The number of carboxylic acids is 1. The van der Waals surface area contributed by atoms with Crippen molar-refractivity contribution in [1.82, 2.24) is 4.57 Å². The number of Topliss-reactive ketones (excluding diaryl/α,β-unsaturated/α-hetero) is 1. The summed E-state index contributed by atoms with van der Waals surface area (Å²) in [5.41, 5.74) is 4.73. The van der Waals surface area contributed by atoms with Crippen molar-refractivity contribution in [3.05, 3.63) is 77.5 Å². The molecule has 0 spiro atoms. The first-order valence-electron chi connectivity index (χ1n) is 8.30. The van der Waals surface area contributed by atoms with Gasteiger partial charge in [-0.05, 0) is 42.2 Å². The van der Waals surface area contributed by atoms with Crippen LogP contribution in [-0.2, 0) is 6.42 Å². The fourth-order valence-electron chi connectivity index (χ4n) is 3.45. The summed E-state index contributed by atoms with van der Waals surface area (Å²) in [5.74, 6) is -1.02. The van der Waals surface area contributed by atoms with Crippen LogP contribution in [0.3, 0.4) is 0 Å². The van der Waals surface area contributed by atoms with E-state index in [0.29, 0.717) is 6.42 Å². The van der Waals surface area contributed by atoms with Gasteiger partial charge < -0.3 is 14.5 Å². The highest BCUT2D eigenvalue weighted by Gasteiger charge is 2.25. The molecule has 0 saturated heterocycles. The molecule has 1 aliphatic rings. The number of fused-ring (bicyclic) bond motifs is 1. The van der Waals surface area contributed by atoms with Gasteiger partial charge in [-0.1, -0.05) is 42.5 Å². The van der Waals surface area contributed by atoms with Gasteiger partial charge in [-0.25, -0.2) is 0 Å². The van der Waals surface area contributed by atoms with Gasteiger partial charge in [-0.2, -0.15) is 0 Å². The number of nitrogens with zero attached hydrogens (tertiary/aromatic N) is 1. The van der Waals surface area contributed by atoms with Crippen LogP contribution in [0, 0.1) is 0 Å². The van der Waals surface area contributed by atoms with Crippen molar-refractivity contribution in [3.63, 3.8) is 0 Å². The molecular weight excluding hydrogens is 314 g/mol. The second kappa shape index (κ2) is 6.06. The Labute approximate surface area is 145 Å². The van der Waals surface area contributed by atoms with E-state index in [2.05, 4.69) is 4.57 Å². The molecule has 0 amide bonds. The van der Waals surface area contributed by atoms with E-state index < -0.39 is 5.97 Å². The van der Waals surface area contributed by atoms with E-state index in [0.717, 1.165) is 41.0 Å². The Hall–Kier alpha value is -3.14. The minimum atomic E-state index is -1.19. The molecule has 1 aliphatic carbocycles. The molecule has 1 aromatic heterocycles. The normalized spacial score (nSPS) is 13.5. The monoisotopic (exact) mass is 330 g/mol. The van der Waals surface area contributed by atoms with Crippen LogP contribution >= 0.6 is 0 Å². The third-order valence-corrected chi connectivity index (χ3v) is 4.65. The minimum absolute atomic E-state index is 0.141. The quantitative estimate of drug-likeness (QED) is 0.741. The average molecular weight is 330 g/mol. The number of benzene rings is 2. The maximum atomic E-state index is 12.4. The summed E-state index contributed by atoms with van der Waals surface area (Å²) in [7, 11) is 0. The largest absolute Gasteiger partial charge is 0.545 e. The van der Waals surface area contributed by atoms with E-state index in [-0.39, 0.29) is 11.3 Å². The molecule has 3 aromatic rings. The van der Waals surface area contributed by atoms with Crippen LogP contribution in [0.2, 0.25) is 0 Å². The molecular formula is C21H16NO3-. The second-order valence-corrected chi connectivity index (χ2v) is 6.20. The number of hydrogen-bond donors (Lipinski definition) is 0. The van der Waals surface area contributed by atoms with Crippen LogP contribution in [0.4, 0.5) is 0 Å². The van der Waals surface area contributed by atoms with Gasteiger partial charge in [-0.3, -0.25) is 4.79 Å². The SMILES string of the molecule is O=C([O-])c1ccc(-n2c(-c3ccccc3)cc3c2CCCC3=O)cc1. The summed E-state index contributed by atoms with van der Waals surface area (Å²) < 4.78 is 2.07. The zero-order valence-electron chi connectivity index (χ0n) is 13.6. The Morgan fingerprint density at radius 1 is 0.960 bits per heavy atom. The van der Waals surface area contributed by atoms with Crippen LogP contribution in [0.25, 0.3) is 16.9 Å². The topological polar surface area (TPSA) is 62.1 Å². The molecule has 0 aliphatic heterocycles. The van der Waals surface area contributed by atoms with Gasteiger partial charge in [0.2, 0.25) is 0 Å². The zero-order valence-corrected chi connectivity index (χ0v) is 13.6. The van der Waals surface area contributed by atoms with Crippen LogP contribution in [0.1, 0.15) is 39.3 Å². The first kappa shape index (κ1) is 15.4. The van der Waals surface area contributed by atoms with Gasteiger partial charge in [0.25, 0.3) is 0 Å². The van der Waals surface area contributed by atoms with Crippen LogP contribution in [0.15, 0.2) is 60.7 Å². The van der Waals surface area contributed by atoms with Crippen molar-refractivity contribution in [2.24, 2.45) is 0 Å². The lowest BCUT2D eigenvalue weighted by Crippen LogP contribution is -2.22. The number of rotatable bonds is 3. The summed E-state index contributed by atoms with van der Waals surface area (Å²) in [5, 5.41) is 11.0. The fourth-order valence-corrected chi connectivity index (χ4v) is 3.45. The van der Waals surface area contributed by atoms with E-state index in [4.69, 9.17) is 0 Å². The van der Waals surface area contributed by atoms with Gasteiger partial charge in [0, 0.05) is 23.4 Å². The van der Waals surface area contributed by atoms with Gasteiger partial charge in [-0.15, -0.1) is 0 Å². The molecule has 2 aromatic carbocycles. The van der Waals surface area contributed by atoms with E-state index in [9.17, 15) is 14.7 Å². The summed E-state index contributed by atoms with van der Waals surface area (Å²) in [6.45, 7) is 0. The number of carbonyl (C=O) groups excluding carboxylic acids is 2. The third-order valence-electron chi connectivity index (χ3n) is 4.65. The lowest BCUT2D eigenvalue weighted by atomic mass is 9.96. The predicted molar refractivity (Wildman–Crippen MR) is 92.8 cm³/mol. The minimum Gasteiger partial charge on any atom is -0.545 e. The first-order valence-corrected chi connectivity index (χ1v) is 8.30. The molecule has 0 saturated carbocycles. The molecule has 4 heteroatoms. The smallest absolute Gasteiger partial charge is 0.164 e. The van der Waals surface area contributed by atoms with Crippen LogP contribution in [-0.4, -0.2) is 16.3 Å². The molecule has 0 radical (unpaired) electrons. The number of ketones is 1.